The number of aliphatic hydroxyl groups excluding tert-OH is 1. The molecule has 0 fully saturated rings. The van der Waals surface area contributed by atoms with E-state index in [2.05, 4.69) is 24.2 Å². The smallest absolute Gasteiger partial charge is 0.118 e. The molecule has 12 heavy (non-hydrogen) atoms. The summed E-state index contributed by atoms with van der Waals surface area (Å²) in [6, 6.07) is 0. The third-order valence-corrected chi connectivity index (χ3v) is 2.96. The van der Waals surface area contributed by atoms with Crippen molar-refractivity contribution in [2.75, 3.05) is 0 Å². The highest BCUT2D eigenvalue weighted by Crippen LogP contribution is 2.24. The summed E-state index contributed by atoms with van der Waals surface area (Å²) < 4.78 is 0. The highest BCUT2D eigenvalue weighted by atomic mass is 32.1. The second-order valence-electron chi connectivity index (χ2n) is 2.84. The zero-order valence-electron chi connectivity index (χ0n) is 7.58. The SMILES string of the molecule is CCC(CC)c1csc(CO)n1. The van der Waals surface area contributed by atoms with Gasteiger partial charge in [-0.3, -0.25) is 0 Å². The van der Waals surface area contributed by atoms with Crippen LogP contribution in [0.15, 0.2) is 5.38 Å². The van der Waals surface area contributed by atoms with E-state index in [0.717, 1.165) is 23.5 Å². The van der Waals surface area contributed by atoms with E-state index >= 15 is 0 Å². The first-order valence-electron chi connectivity index (χ1n) is 4.36. The number of nitrogens with zero attached hydrogens (tertiary/aromatic N) is 1. The first kappa shape index (κ1) is 9.68. The third kappa shape index (κ3) is 2.05. The number of rotatable bonds is 4. The van der Waals surface area contributed by atoms with Gasteiger partial charge in [0, 0.05) is 11.3 Å². The topological polar surface area (TPSA) is 33.1 Å². The molecule has 1 aromatic heterocycles. The van der Waals surface area contributed by atoms with Crippen LogP contribution in [0.2, 0.25) is 0 Å². The van der Waals surface area contributed by atoms with Gasteiger partial charge in [0.05, 0.1) is 12.3 Å². The molecule has 68 valence electrons. The molecule has 0 aromatic carbocycles. The lowest BCUT2D eigenvalue weighted by molar-refractivity contribution is 0.281. The van der Waals surface area contributed by atoms with Crippen LogP contribution >= 0.6 is 11.3 Å². The molecule has 0 amide bonds. The molecule has 1 rings (SSSR count). The first-order chi connectivity index (χ1) is 5.81. The van der Waals surface area contributed by atoms with E-state index in [9.17, 15) is 0 Å². The zero-order valence-corrected chi connectivity index (χ0v) is 8.40. The third-order valence-electron chi connectivity index (χ3n) is 2.11. The number of aromatic nitrogens is 1. The molecule has 1 heterocycles. The average molecular weight is 185 g/mol. The quantitative estimate of drug-likeness (QED) is 0.782. The van der Waals surface area contributed by atoms with Gasteiger partial charge in [0.15, 0.2) is 0 Å². The Labute approximate surface area is 77.3 Å². The van der Waals surface area contributed by atoms with E-state index in [0.29, 0.717) is 5.92 Å². The van der Waals surface area contributed by atoms with Crippen LogP contribution in [-0.4, -0.2) is 10.1 Å². The van der Waals surface area contributed by atoms with Crippen LogP contribution in [-0.2, 0) is 6.61 Å². The Kier molecular flexibility index (Phi) is 3.69. The Balaban J connectivity index is 2.72. The maximum atomic E-state index is 8.83. The molecule has 1 aromatic rings. The number of hydrogen-bond donors (Lipinski definition) is 1. The second-order valence-corrected chi connectivity index (χ2v) is 3.78. The Hall–Kier alpha value is -0.410. The van der Waals surface area contributed by atoms with Crippen LogP contribution in [0.3, 0.4) is 0 Å². The van der Waals surface area contributed by atoms with Gasteiger partial charge >= 0.3 is 0 Å². The zero-order chi connectivity index (χ0) is 8.97. The summed E-state index contributed by atoms with van der Waals surface area (Å²) in [6.45, 7) is 4.42. The van der Waals surface area contributed by atoms with Gasteiger partial charge in [0.1, 0.15) is 5.01 Å². The summed E-state index contributed by atoms with van der Waals surface area (Å²) >= 11 is 1.55. The lowest BCUT2D eigenvalue weighted by atomic mass is 10.0. The van der Waals surface area contributed by atoms with Crippen molar-refractivity contribution in [1.82, 2.24) is 4.98 Å². The molecule has 2 nitrogen and oxygen atoms in total. The molecular weight excluding hydrogens is 170 g/mol. The van der Waals surface area contributed by atoms with Crippen LogP contribution in [0.1, 0.15) is 43.3 Å². The van der Waals surface area contributed by atoms with E-state index in [1.165, 1.54) is 0 Å². The van der Waals surface area contributed by atoms with Crippen molar-refractivity contribution in [3.63, 3.8) is 0 Å². The van der Waals surface area contributed by atoms with E-state index in [1.54, 1.807) is 11.3 Å². The molecule has 0 spiro atoms. The van der Waals surface area contributed by atoms with Crippen molar-refractivity contribution >= 4 is 11.3 Å². The lowest BCUT2D eigenvalue weighted by Gasteiger charge is -2.07. The molecule has 0 saturated carbocycles. The maximum absolute atomic E-state index is 8.83. The monoisotopic (exact) mass is 185 g/mol. The van der Waals surface area contributed by atoms with Gasteiger partial charge in [-0.05, 0) is 12.8 Å². The molecule has 3 heteroatoms. The standard InChI is InChI=1S/C9H15NOS/c1-3-7(4-2)8-6-12-9(5-11)10-8/h6-7,11H,3-5H2,1-2H3. The largest absolute Gasteiger partial charge is 0.389 e. The van der Waals surface area contributed by atoms with Crippen molar-refractivity contribution in [2.45, 2.75) is 39.2 Å². The van der Waals surface area contributed by atoms with Gasteiger partial charge in [-0.1, -0.05) is 13.8 Å². The Bertz CT molecular complexity index is 230. The highest BCUT2D eigenvalue weighted by Gasteiger charge is 2.10. The molecule has 0 saturated heterocycles. The van der Waals surface area contributed by atoms with Gasteiger partial charge in [-0.25, -0.2) is 4.98 Å². The van der Waals surface area contributed by atoms with Gasteiger partial charge < -0.3 is 5.11 Å². The fourth-order valence-electron chi connectivity index (χ4n) is 1.29. The van der Waals surface area contributed by atoms with Crippen molar-refractivity contribution in [3.8, 4) is 0 Å². The molecule has 1 N–H and O–H groups in total. The Morgan fingerprint density at radius 2 is 2.17 bits per heavy atom. The summed E-state index contributed by atoms with van der Waals surface area (Å²) in [4.78, 5) is 4.34. The van der Waals surface area contributed by atoms with Crippen molar-refractivity contribution in [2.24, 2.45) is 0 Å². The second kappa shape index (κ2) is 4.58. The summed E-state index contributed by atoms with van der Waals surface area (Å²) in [7, 11) is 0. The van der Waals surface area contributed by atoms with Gasteiger partial charge in [-0.15, -0.1) is 11.3 Å². The predicted octanol–water partition coefficient (Wildman–Crippen LogP) is 2.54. The fraction of sp³-hybridized carbons (Fsp3) is 0.667. The minimum atomic E-state index is 0.0742. The van der Waals surface area contributed by atoms with Gasteiger partial charge in [-0.2, -0.15) is 0 Å². The fourth-order valence-corrected chi connectivity index (χ4v) is 2.03. The normalized spacial score (nSPS) is 11.0. The molecule has 0 radical (unpaired) electrons. The Morgan fingerprint density at radius 3 is 2.58 bits per heavy atom. The number of hydrogen-bond acceptors (Lipinski definition) is 3. The van der Waals surface area contributed by atoms with E-state index in [1.807, 2.05) is 0 Å². The molecule has 0 bridgehead atoms. The summed E-state index contributed by atoms with van der Waals surface area (Å²) in [5, 5.41) is 11.7. The van der Waals surface area contributed by atoms with Crippen LogP contribution in [0, 0.1) is 0 Å². The molecule has 0 aliphatic carbocycles. The first-order valence-corrected chi connectivity index (χ1v) is 5.24. The maximum Gasteiger partial charge on any atom is 0.118 e. The van der Waals surface area contributed by atoms with Crippen LogP contribution in [0.25, 0.3) is 0 Å². The Morgan fingerprint density at radius 1 is 1.50 bits per heavy atom. The van der Waals surface area contributed by atoms with E-state index in [4.69, 9.17) is 5.11 Å². The van der Waals surface area contributed by atoms with Crippen molar-refractivity contribution in [1.29, 1.82) is 0 Å². The molecule has 0 aliphatic heterocycles. The average Bonchev–Trinajstić information content (AvgIpc) is 2.55. The highest BCUT2D eigenvalue weighted by molar-refractivity contribution is 7.09. The van der Waals surface area contributed by atoms with Crippen LogP contribution < -0.4 is 0 Å². The number of thiazole rings is 1. The molecule has 0 unspecified atom stereocenters. The summed E-state index contributed by atoms with van der Waals surface area (Å²) in [6.07, 6.45) is 2.26. The number of aliphatic hydroxyl groups is 1. The van der Waals surface area contributed by atoms with Gasteiger partial charge in [0.2, 0.25) is 0 Å². The van der Waals surface area contributed by atoms with Crippen molar-refractivity contribution < 1.29 is 5.11 Å². The minimum Gasteiger partial charge on any atom is -0.389 e. The van der Waals surface area contributed by atoms with Crippen LogP contribution in [0.4, 0.5) is 0 Å². The molecular formula is C9H15NOS. The van der Waals surface area contributed by atoms with E-state index in [-0.39, 0.29) is 6.61 Å². The molecule has 0 aliphatic rings. The van der Waals surface area contributed by atoms with Crippen LogP contribution in [0.5, 0.6) is 0 Å². The predicted molar refractivity (Wildman–Crippen MR) is 51.4 cm³/mol. The summed E-state index contributed by atoms with van der Waals surface area (Å²) in [5.41, 5.74) is 1.15. The minimum absolute atomic E-state index is 0.0742. The van der Waals surface area contributed by atoms with E-state index < -0.39 is 0 Å². The molecule has 0 atom stereocenters. The van der Waals surface area contributed by atoms with Crippen molar-refractivity contribution in [3.05, 3.63) is 16.1 Å². The summed E-state index contributed by atoms with van der Waals surface area (Å²) in [5.74, 6) is 0.571. The lowest BCUT2D eigenvalue weighted by Crippen LogP contribution is -1.95. The van der Waals surface area contributed by atoms with Gasteiger partial charge in [0.25, 0.3) is 0 Å².